The molecular weight excluding hydrogens is 337 g/mol. The van der Waals surface area contributed by atoms with Crippen LogP contribution in [0.15, 0.2) is 34.8 Å². The van der Waals surface area contributed by atoms with Crippen molar-refractivity contribution in [3.8, 4) is 5.75 Å². The number of ether oxygens (including phenoxy) is 1. The molecule has 0 saturated heterocycles. The lowest BCUT2D eigenvalue weighted by atomic mass is 10.1. The molecule has 1 N–H and O–H groups in total. The second kappa shape index (κ2) is 6.26. The Morgan fingerprint density at radius 1 is 1.24 bits per heavy atom. The van der Waals surface area contributed by atoms with Crippen LogP contribution < -0.4 is 10.1 Å². The van der Waals surface area contributed by atoms with E-state index in [0.29, 0.717) is 5.69 Å². The molecule has 0 aromatic heterocycles. The fraction of sp³-hybridized carbons (Fsp3) is 0.188. The summed E-state index contributed by atoms with van der Waals surface area (Å²) < 4.78 is 19.9. The number of aryl methyl sites for hydroxylation is 2. The molecule has 2 aromatic carbocycles. The maximum absolute atomic E-state index is 13.9. The Kier molecular flexibility index (Phi) is 4.63. The van der Waals surface area contributed by atoms with Crippen LogP contribution in [0.3, 0.4) is 0 Å². The molecule has 21 heavy (non-hydrogen) atoms. The van der Waals surface area contributed by atoms with Crippen molar-refractivity contribution in [2.75, 3.05) is 12.4 Å². The molecule has 3 nitrogen and oxygen atoms in total. The first kappa shape index (κ1) is 15.5. The predicted octanol–water partition coefficient (Wildman–Crippen LogP) is 4.47. The van der Waals surface area contributed by atoms with Gasteiger partial charge in [0.25, 0.3) is 5.91 Å². The number of hydrogen-bond acceptors (Lipinski definition) is 2. The summed E-state index contributed by atoms with van der Waals surface area (Å²) in [4.78, 5) is 12.3. The zero-order chi connectivity index (χ0) is 15.6. The minimum atomic E-state index is -0.614. The predicted molar refractivity (Wildman–Crippen MR) is 84.5 cm³/mol. The highest BCUT2D eigenvalue weighted by Crippen LogP contribution is 2.27. The number of benzene rings is 2. The maximum Gasteiger partial charge on any atom is 0.262 e. The summed E-state index contributed by atoms with van der Waals surface area (Å²) in [6.45, 7) is 3.85. The quantitative estimate of drug-likeness (QED) is 0.885. The van der Waals surface area contributed by atoms with Crippen LogP contribution in [0, 0.1) is 19.7 Å². The van der Waals surface area contributed by atoms with E-state index in [1.807, 2.05) is 26.0 Å². The summed E-state index contributed by atoms with van der Waals surface area (Å²) in [5.41, 5.74) is 2.50. The zero-order valence-electron chi connectivity index (χ0n) is 12.0. The molecule has 0 unspecified atom stereocenters. The molecule has 0 aliphatic heterocycles. The van der Waals surface area contributed by atoms with Crippen molar-refractivity contribution in [3.63, 3.8) is 0 Å². The average molecular weight is 352 g/mol. The van der Waals surface area contributed by atoms with Gasteiger partial charge in [-0.2, -0.15) is 0 Å². The summed E-state index contributed by atoms with van der Waals surface area (Å²) >= 11 is 3.47. The Morgan fingerprint density at radius 2 is 1.86 bits per heavy atom. The first-order valence-corrected chi connectivity index (χ1v) is 7.14. The minimum absolute atomic E-state index is 0.0989. The molecule has 110 valence electrons. The number of amides is 1. The van der Waals surface area contributed by atoms with E-state index in [-0.39, 0.29) is 11.3 Å². The molecule has 0 spiro atoms. The SMILES string of the molecule is COc1cccc(F)c1C(=O)Nc1cc(C)c(Br)c(C)c1. The van der Waals surface area contributed by atoms with Gasteiger partial charge in [0, 0.05) is 10.2 Å². The lowest BCUT2D eigenvalue weighted by Crippen LogP contribution is -2.15. The van der Waals surface area contributed by atoms with Gasteiger partial charge in [-0.15, -0.1) is 0 Å². The van der Waals surface area contributed by atoms with Crippen LogP contribution in [0.25, 0.3) is 0 Å². The highest BCUT2D eigenvalue weighted by atomic mass is 79.9. The van der Waals surface area contributed by atoms with E-state index in [0.717, 1.165) is 15.6 Å². The summed E-state index contributed by atoms with van der Waals surface area (Å²) in [6.07, 6.45) is 0. The largest absolute Gasteiger partial charge is 0.496 e. The molecule has 0 aliphatic carbocycles. The Bertz CT molecular complexity index is 678. The number of carbonyl (C=O) groups excluding carboxylic acids is 1. The van der Waals surface area contributed by atoms with Gasteiger partial charge in [-0.25, -0.2) is 4.39 Å². The molecule has 0 atom stereocenters. The van der Waals surface area contributed by atoms with Crippen molar-refractivity contribution in [3.05, 3.63) is 57.3 Å². The molecular formula is C16H15BrFNO2. The highest BCUT2D eigenvalue weighted by molar-refractivity contribution is 9.10. The van der Waals surface area contributed by atoms with E-state index >= 15 is 0 Å². The van der Waals surface area contributed by atoms with E-state index < -0.39 is 11.7 Å². The van der Waals surface area contributed by atoms with Crippen LogP contribution in [0.5, 0.6) is 5.75 Å². The van der Waals surface area contributed by atoms with Crippen LogP contribution in [0.4, 0.5) is 10.1 Å². The highest BCUT2D eigenvalue weighted by Gasteiger charge is 2.18. The third-order valence-electron chi connectivity index (χ3n) is 3.12. The number of halogens is 2. The molecule has 2 aromatic rings. The summed E-state index contributed by atoms with van der Waals surface area (Å²) in [6, 6.07) is 7.93. The van der Waals surface area contributed by atoms with Gasteiger partial charge in [0.1, 0.15) is 17.1 Å². The fourth-order valence-corrected chi connectivity index (χ4v) is 2.34. The van der Waals surface area contributed by atoms with Crippen LogP contribution in [0.2, 0.25) is 0 Å². The summed E-state index contributed by atoms with van der Waals surface area (Å²) in [7, 11) is 1.40. The minimum Gasteiger partial charge on any atom is -0.496 e. The van der Waals surface area contributed by atoms with Crippen LogP contribution >= 0.6 is 15.9 Å². The van der Waals surface area contributed by atoms with Crippen molar-refractivity contribution in [2.24, 2.45) is 0 Å². The monoisotopic (exact) mass is 351 g/mol. The summed E-state index contributed by atoms with van der Waals surface area (Å²) in [5.74, 6) is -0.943. The van der Waals surface area contributed by atoms with Gasteiger partial charge in [-0.1, -0.05) is 22.0 Å². The number of rotatable bonds is 3. The van der Waals surface area contributed by atoms with E-state index in [1.165, 1.54) is 19.2 Å². The number of hydrogen-bond donors (Lipinski definition) is 1. The molecule has 2 rings (SSSR count). The van der Waals surface area contributed by atoms with Crippen molar-refractivity contribution in [2.45, 2.75) is 13.8 Å². The van der Waals surface area contributed by atoms with Crippen LogP contribution in [-0.4, -0.2) is 13.0 Å². The van der Waals surface area contributed by atoms with E-state index in [1.54, 1.807) is 6.07 Å². The van der Waals surface area contributed by atoms with Gasteiger partial charge in [-0.05, 0) is 49.2 Å². The number of carbonyl (C=O) groups is 1. The Balaban J connectivity index is 2.35. The third kappa shape index (κ3) is 3.24. The van der Waals surface area contributed by atoms with E-state index in [2.05, 4.69) is 21.2 Å². The van der Waals surface area contributed by atoms with Gasteiger partial charge < -0.3 is 10.1 Å². The van der Waals surface area contributed by atoms with E-state index in [4.69, 9.17) is 4.74 Å². The molecule has 0 fully saturated rings. The van der Waals surface area contributed by atoms with Crippen LogP contribution in [-0.2, 0) is 0 Å². The van der Waals surface area contributed by atoms with Gasteiger partial charge in [0.2, 0.25) is 0 Å². The van der Waals surface area contributed by atoms with Crippen molar-refractivity contribution < 1.29 is 13.9 Å². The average Bonchev–Trinajstić information content (AvgIpc) is 2.44. The number of anilines is 1. The Morgan fingerprint density at radius 3 is 2.43 bits per heavy atom. The standard InChI is InChI=1S/C16H15BrFNO2/c1-9-7-11(8-10(2)15(9)17)19-16(20)14-12(18)5-4-6-13(14)21-3/h4-8H,1-3H3,(H,19,20). The van der Waals surface area contributed by atoms with Crippen molar-refractivity contribution >= 4 is 27.5 Å². The molecule has 0 aliphatic rings. The zero-order valence-corrected chi connectivity index (χ0v) is 13.5. The molecule has 0 heterocycles. The Labute approximate surface area is 131 Å². The topological polar surface area (TPSA) is 38.3 Å². The molecule has 5 heteroatoms. The second-order valence-corrected chi connectivity index (χ2v) is 5.49. The van der Waals surface area contributed by atoms with Gasteiger partial charge >= 0.3 is 0 Å². The van der Waals surface area contributed by atoms with Crippen molar-refractivity contribution in [1.82, 2.24) is 0 Å². The third-order valence-corrected chi connectivity index (χ3v) is 4.37. The smallest absolute Gasteiger partial charge is 0.262 e. The first-order chi connectivity index (χ1) is 9.93. The lowest BCUT2D eigenvalue weighted by molar-refractivity contribution is 0.102. The number of methoxy groups -OCH3 is 1. The fourth-order valence-electron chi connectivity index (χ4n) is 2.11. The maximum atomic E-state index is 13.9. The summed E-state index contributed by atoms with van der Waals surface area (Å²) in [5, 5.41) is 2.70. The first-order valence-electron chi connectivity index (χ1n) is 6.34. The van der Waals surface area contributed by atoms with Gasteiger partial charge in [0.05, 0.1) is 7.11 Å². The van der Waals surface area contributed by atoms with Crippen molar-refractivity contribution in [1.29, 1.82) is 0 Å². The lowest BCUT2D eigenvalue weighted by Gasteiger charge is -2.12. The molecule has 0 radical (unpaired) electrons. The normalized spacial score (nSPS) is 10.3. The van der Waals surface area contributed by atoms with Gasteiger partial charge in [-0.3, -0.25) is 4.79 Å². The molecule has 0 saturated carbocycles. The second-order valence-electron chi connectivity index (χ2n) is 4.70. The molecule has 0 bridgehead atoms. The van der Waals surface area contributed by atoms with Crippen LogP contribution in [0.1, 0.15) is 21.5 Å². The van der Waals surface area contributed by atoms with Gasteiger partial charge in [0.15, 0.2) is 0 Å². The number of nitrogens with one attached hydrogen (secondary N) is 1. The van der Waals surface area contributed by atoms with E-state index in [9.17, 15) is 9.18 Å². The molecule has 1 amide bonds. The Hall–Kier alpha value is -1.88.